The van der Waals surface area contributed by atoms with Gasteiger partial charge in [-0.3, -0.25) is 14.5 Å². The molecular formula is C12H14N4OS. The van der Waals surface area contributed by atoms with E-state index in [1.54, 1.807) is 0 Å². The van der Waals surface area contributed by atoms with E-state index in [2.05, 4.69) is 15.5 Å². The Hall–Kier alpha value is -1.95. The van der Waals surface area contributed by atoms with Crippen LogP contribution in [0.5, 0.6) is 0 Å². The Morgan fingerprint density at radius 2 is 2.11 bits per heavy atom. The Bertz CT molecular complexity index is 602. The predicted octanol–water partition coefficient (Wildman–Crippen LogP) is 2.13. The first-order chi connectivity index (χ1) is 8.59. The number of carbonyl (C=O) groups excluding carboxylic acids is 1. The first kappa shape index (κ1) is 12.5. The van der Waals surface area contributed by atoms with Crippen molar-refractivity contribution in [2.75, 3.05) is 0 Å². The summed E-state index contributed by atoms with van der Waals surface area (Å²) in [4.78, 5) is 11.1. The summed E-state index contributed by atoms with van der Waals surface area (Å²) in [6, 6.07) is 9.46. The van der Waals surface area contributed by atoms with Crippen LogP contribution in [0.1, 0.15) is 25.7 Å². The number of hydrogen-bond acceptors (Lipinski definition) is 3. The number of para-hydroxylation sites is 1. The highest BCUT2D eigenvalue weighted by Gasteiger charge is 2.15. The number of H-pyrrole nitrogens is 1. The molecule has 0 bridgehead atoms. The van der Waals surface area contributed by atoms with Gasteiger partial charge in [-0.05, 0) is 31.3 Å². The monoisotopic (exact) mass is 262 g/mol. The molecule has 94 valence electrons. The molecule has 0 saturated heterocycles. The van der Waals surface area contributed by atoms with Crippen molar-refractivity contribution in [2.45, 2.75) is 19.9 Å². The van der Waals surface area contributed by atoms with E-state index in [1.165, 1.54) is 6.92 Å². The number of aromatic nitrogens is 3. The Morgan fingerprint density at radius 1 is 1.44 bits per heavy atom. The number of benzene rings is 1. The maximum absolute atomic E-state index is 11.1. The average Bonchev–Trinajstić information content (AvgIpc) is 2.71. The first-order valence-electron chi connectivity index (χ1n) is 5.59. The van der Waals surface area contributed by atoms with Gasteiger partial charge in [-0.2, -0.15) is 5.10 Å². The van der Waals surface area contributed by atoms with Crippen LogP contribution in [-0.2, 0) is 4.79 Å². The third kappa shape index (κ3) is 2.48. The van der Waals surface area contributed by atoms with Gasteiger partial charge in [0, 0.05) is 12.6 Å². The lowest BCUT2D eigenvalue weighted by Crippen LogP contribution is -2.26. The predicted molar refractivity (Wildman–Crippen MR) is 71.0 cm³/mol. The minimum atomic E-state index is -0.212. The van der Waals surface area contributed by atoms with Gasteiger partial charge in [0.05, 0.1) is 6.04 Å². The van der Waals surface area contributed by atoms with E-state index in [1.807, 2.05) is 41.8 Å². The number of amides is 1. The average molecular weight is 262 g/mol. The number of aromatic amines is 1. The Balaban J connectivity index is 2.45. The summed E-state index contributed by atoms with van der Waals surface area (Å²) in [6.45, 7) is 3.34. The molecule has 0 aliphatic carbocycles. The Kier molecular flexibility index (Phi) is 3.57. The van der Waals surface area contributed by atoms with E-state index in [0.717, 1.165) is 5.69 Å². The standard InChI is InChI=1S/C12H14N4OS/c1-8(13-9(2)17)11-14-15-12(18)16(11)10-6-4-3-5-7-10/h3-8H,1-2H3,(H,13,17)(H,15,18)/t8-/m0/s1. The van der Waals surface area contributed by atoms with E-state index >= 15 is 0 Å². The van der Waals surface area contributed by atoms with Crippen molar-refractivity contribution in [1.29, 1.82) is 0 Å². The molecule has 0 saturated carbocycles. The zero-order valence-corrected chi connectivity index (χ0v) is 11.0. The molecule has 0 radical (unpaired) electrons. The molecule has 1 atom stereocenters. The van der Waals surface area contributed by atoms with Gasteiger partial charge in [0.1, 0.15) is 0 Å². The van der Waals surface area contributed by atoms with Crippen molar-refractivity contribution in [3.8, 4) is 5.69 Å². The summed E-state index contributed by atoms with van der Waals surface area (Å²) in [7, 11) is 0. The normalized spacial score (nSPS) is 12.1. The molecule has 2 rings (SSSR count). The van der Waals surface area contributed by atoms with Crippen LogP contribution in [0.2, 0.25) is 0 Å². The van der Waals surface area contributed by atoms with Gasteiger partial charge in [-0.15, -0.1) is 0 Å². The molecular weight excluding hydrogens is 248 g/mol. The Morgan fingerprint density at radius 3 is 2.72 bits per heavy atom. The molecule has 2 aromatic rings. The van der Waals surface area contributed by atoms with Crippen molar-refractivity contribution < 1.29 is 4.79 Å². The van der Waals surface area contributed by atoms with Crippen LogP contribution in [0.15, 0.2) is 30.3 Å². The molecule has 1 heterocycles. The molecule has 5 nitrogen and oxygen atoms in total. The number of rotatable bonds is 3. The molecule has 1 amide bonds. The number of carbonyl (C=O) groups is 1. The van der Waals surface area contributed by atoms with Crippen molar-refractivity contribution in [3.63, 3.8) is 0 Å². The van der Waals surface area contributed by atoms with Crippen molar-refractivity contribution in [1.82, 2.24) is 20.1 Å². The number of nitrogens with zero attached hydrogens (tertiary/aromatic N) is 2. The van der Waals surface area contributed by atoms with Crippen LogP contribution in [0.4, 0.5) is 0 Å². The van der Waals surface area contributed by atoms with E-state index in [9.17, 15) is 4.79 Å². The van der Waals surface area contributed by atoms with Crippen LogP contribution in [-0.4, -0.2) is 20.7 Å². The van der Waals surface area contributed by atoms with Gasteiger partial charge in [0.15, 0.2) is 10.6 Å². The fourth-order valence-electron chi connectivity index (χ4n) is 1.80. The molecule has 6 heteroatoms. The summed E-state index contributed by atoms with van der Waals surface area (Å²) in [5.41, 5.74) is 0.920. The van der Waals surface area contributed by atoms with E-state index in [-0.39, 0.29) is 11.9 Å². The van der Waals surface area contributed by atoms with Crippen LogP contribution < -0.4 is 5.32 Å². The lowest BCUT2D eigenvalue weighted by molar-refractivity contribution is -0.119. The van der Waals surface area contributed by atoms with Gasteiger partial charge in [-0.1, -0.05) is 18.2 Å². The largest absolute Gasteiger partial charge is 0.347 e. The number of nitrogens with one attached hydrogen (secondary N) is 2. The molecule has 0 aliphatic heterocycles. The van der Waals surface area contributed by atoms with Crippen LogP contribution in [0, 0.1) is 4.77 Å². The van der Waals surface area contributed by atoms with E-state index < -0.39 is 0 Å². The second-order valence-electron chi connectivity index (χ2n) is 3.98. The maximum Gasteiger partial charge on any atom is 0.217 e. The second kappa shape index (κ2) is 5.14. The zero-order chi connectivity index (χ0) is 13.1. The summed E-state index contributed by atoms with van der Waals surface area (Å²) < 4.78 is 2.32. The fourth-order valence-corrected chi connectivity index (χ4v) is 2.04. The highest BCUT2D eigenvalue weighted by Crippen LogP contribution is 2.16. The Labute approximate surface area is 110 Å². The lowest BCUT2D eigenvalue weighted by Gasteiger charge is -2.13. The van der Waals surface area contributed by atoms with Gasteiger partial charge >= 0.3 is 0 Å². The quantitative estimate of drug-likeness (QED) is 0.833. The fraction of sp³-hybridized carbons (Fsp3) is 0.250. The molecule has 1 aromatic carbocycles. The topological polar surface area (TPSA) is 62.7 Å². The SMILES string of the molecule is CC(=O)N[C@@H](C)c1n[nH]c(=S)n1-c1ccccc1. The minimum absolute atomic E-state index is 0.101. The zero-order valence-electron chi connectivity index (χ0n) is 10.2. The molecule has 0 aliphatic rings. The molecule has 0 fully saturated rings. The van der Waals surface area contributed by atoms with Crippen molar-refractivity contribution in [2.24, 2.45) is 0 Å². The van der Waals surface area contributed by atoms with Gasteiger partial charge < -0.3 is 5.32 Å². The summed E-state index contributed by atoms with van der Waals surface area (Å²) in [6.07, 6.45) is 0. The summed E-state index contributed by atoms with van der Waals surface area (Å²) in [5, 5.41) is 9.72. The van der Waals surface area contributed by atoms with E-state index in [4.69, 9.17) is 12.2 Å². The maximum atomic E-state index is 11.1. The van der Waals surface area contributed by atoms with Crippen LogP contribution in [0.25, 0.3) is 5.69 Å². The summed E-state index contributed by atoms with van der Waals surface area (Å²) >= 11 is 5.22. The minimum Gasteiger partial charge on any atom is -0.347 e. The molecule has 2 N–H and O–H groups in total. The highest BCUT2D eigenvalue weighted by molar-refractivity contribution is 7.71. The molecule has 0 unspecified atom stereocenters. The van der Waals surface area contributed by atoms with Gasteiger partial charge in [0.2, 0.25) is 5.91 Å². The summed E-state index contributed by atoms with van der Waals surface area (Å²) in [5.74, 6) is 0.581. The molecule has 0 spiro atoms. The van der Waals surface area contributed by atoms with Crippen LogP contribution >= 0.6 is 12.2 Å². The lowest BCUT2D eigenvalue weighted by atomic mass is 10.2. The van der Waals surface area contributed by atoms with E-state index in [0.29, 0.717) is 10.6 Å². The first-order valence-corrected chi connectivity index (χ1v) is 6.00. The molecule has 1 aromatic heterocycles. The third-order valence-electron chi connectivity index (χ3n) is 2.52. The molecule has 18 heavy (non-hydrogen) atoms. The van der Waals surface area contributed by atoms with Crippen molar-refractivity contribution >= 4 is 18.1 Å². The van der Waals surface area contributed by atoms with Crippen LogP contribution in [0.3, 0.4) is 0 Å². The van der Waals surface area contributed by atoms with Gasteiger partial charge in [-0.25, -0.2) is 0 Å². The van der Waals surface area contributed by atoms with Gasteiger partial charge in [0.25, 0.3) is 0 Å². The number of hydrogen-bond donors (Lipinski definition) is 2. The highest BCUT2D eigenvalue weighted by atomic mass is 32.1. The second-order valence-corrected chi connectivity index (χ2v) is 4.37. The smallest absolute Gasteiger partial charge is 0.217 e. The third-order valence-corrected chi connectivity index (χ3v) is 2.79. The van der Waals surface area contributed by atoms with Crippen molar-refractivity contribution in [3.05, 3.63) is 40.9 Å².